The van der Waals surface area contributed by atoms with Gasteiger partial charge in [0, 0.05) is 21.3 Å². The third-order valence-corrected chi connectivity index (χ3v) is 4.30. The van der Waals surface area contributed by atoms with Crippen molar-refractivity contribution in [1.29, 1.82) is 0 Å². The molecule has 0 unspecified atom stereocenters. The molecular formula is C20H13BrN2O2. The standard InChI is InChI=1S/C20H13BrN2O2/c21-15-8-6-14(7-9-15)20-23-17-12-16(10-11-18(17)25-20)22-19(24)13-4-2-1-3-5-13/h1-12H,(H,22,24). The van der Waals surface area contributed by atoms with Crippen molar-refractivity contribution in [3.8, 4) is 11.5 Å². The molecule has 122 valence electrons. The van der Waals surface area contributed by atoms with E-state index in [1.54, 1.807) is 18.2 Å². The van der Waals surface area contributed by atoms with Crippen molar-refractivity contribution in [1.82, 2.24) is 4.98 Å². The third-order valence-electron chi connectivity index (χ3n) is 3.77. The van der Waals surface area contributed by atoms with Crippen molar-refractivity contribution in [3.63, 3.8) is 0 Å². The molecule has 0 saturated heterocycles. The maximum Gasteiger partial charge on any atom is 0.255 e. The van der Waals surface area contributed by atoms with Crippen LogP contribution >= 0.6 is 15.9 Å². The Morgan fingerprint density at radius 1 is 0.960 bits per heavy atom. The number of halogens is 1. The van der Waals surface area contributed by atoms with Crippen molar-refractivity contribution in [2.75, 3.05) is 5.32 Å². The Bertz CT molecular complexity index is 1040. The maximum absolute atomic E-state index is 12.2. The number of nitrogens with one attached hydrogen (secondary N) is 1. The van der Waals surface area contributed by atoms with Crippen molar-refractivity contribution in [3.05, 3.63) is 82.8 Å². The highest BCUT2D eigenvalue weighted by Gasteiger charge is 2.10. The molecule has 1 N–H and O–H groups in total. The van der Waals surface area contributed by atoms with Gasteiger partial charge in [-0.3, -0.25) is 4.79 Å². The number of fused-ring (bicyclic) bond motifs is 1. The highest BCUT2D eigenvalue weighted by molar-refractivity contribution is 9.10. The summed E-state index contributed by atoms with van der Waals surface area (Å²) in [5.74, 6) is 0.394. The van der Waals surface area contributed by atoms with E-state index < -0.39 is 0 Å². The number of amides is 1. The highest BCUT2D eigenvalue weighted by atomic mass is 79.9. The number of anilines is 1. The molecule has 4 nitrogen and oxygen atoms in total. The van der Waals surface area contributed by atoms with Gasteiger partial charge in [-0.1, -0.05) is 34.1 Å². The summed E-state index contributed by atoms with van der Waals surface area (Å²) in [4.78, 5) is 16.8. The van der Waals surface area contributed by atoms with Gasteiger partial charge >= 0.3 is 0 Å². The van der Waals surface area contributed by atoms with E-state index in [0.717, 1.165) is 10.0 Å². The number of carbonyl (C=O) groups is 1. The lowest BCUT2D eigenvalue weighted by Gasteiger charge is -2.04. The molecule has 0 aliphatic carbocycles. The molecule has 0 aliphatic heterocycles. The molecule has 0 aliphatic rings. The van der Waals surface area contributed by atoms with E-state index in [0.29, 0.717) is 28.2 Å². The summed E-state index contributed by atoms with van der Waals surface area (Å²) in [6, 6.07) is 22.3. The van der Waals surface area contributed by atoms with E-state index in [2.05, 4.69) is 26.2 Å². The van der Waals surface area contributed by atoms with Crippen LogP contribution in [0.25, 0.3) is 22.6 Å². The molecule has 0 atom stereocenters. The second kappa shape index (κ2) is 6.53. The van der Waals surface area contributed by atoms with Crippen LogP contribution in [0.1, 0.15) is 10.4 Å². The normalized spacial score (nSPS) is 10.8. The van der Waals surface area contributed by atoms with E-state index >= 15 is 0 Å². The fraction of sp³-hybridized carbons (Fsp3) is 0. The minimum atomic E-state index is -0.156. The third kappa shape index (κ3) is 3.32. The largest absolute Gasteiger partial charge is 0.436 e. The summed E-state index contributed by atoms with van der Waals surface area (Å²) in [5, 5.41) is 2.88. The van der Waals surface area contributed by atoms with E-state index in [1.807, 2.05) is 54.6 Å². The van der Waals surface area contributed by atoms with Crippen LogP contribution in [-0.2, 0) is 0 Å². The van der Waals surface area contributed by atoms with E-state index in [9.17, 15) is 4.79 Å². The van der Waals surface area contributed by atoms with E-state index in [1.165, 1.54) is 0 Å². The summed E-state index contributed by atoms with van der Waals surface area (Å²) >= 11 is 3.41. The number of rotatable bonds is 3. The van der Waals surface area contributed by atoms with Crippen LogP contribution < -0.4 is 5.32 Å². The second-order valence-electron chi connectivity index (χ2n) is 5.53. The molecular weight excluding hydrogens is 380 g/mol. The highest BCUT2D eigenvalue weighted by Crippen LogP contribution is 2.27. The van der Waals surface area contributed by atoms with Crippen LogP contribution in [0.2, 0.25) is 0 Å². The SMILES string of the molecule is O=C(Nc1ccc2oc(-c3ccc(Br)cc3)nc2c1)c1ccccc1. The zero-order valence-corrected chi connectivity index (χ0v) is 14.7. The predicted molar refractivity (Wildman–Crippen MR) is 102 cm³/mol. The van der Waals surface area contributed by atoms with Crippen molar-refractivity contribution in [2.45, 2.75) is 0 Å². The van der Waals surface area contributed by atoms with E-state index in [4.69, 9.17) is 4.42 Å². The minimum absolute atomic E-state index is 0.156. The fourth-order valence-corrected chi connectivity index (χ4v) is 2.78. The molecule has 0 bridgehead atoms. The number of hydrogen-bond donors (Lipinski definition) is 1. The van der Waals surface area contributed by atoms with Gasteiger partial charge < -0.3 is 9.73 Å². The monoisotopic (exact) mass is 392 g/mol. The molecule has 1 amide bonds. The Morgan fingerprint density at radius 3 is 2.48 bits per heavy atom. The van der Waals surface area contributed by atoms with Crippen molar-refractivity contribution in [2.24, 2.45) is 0 Å². The van der Waals surface area contributed by atoms with Gasteiger partial charge in [0.25, 0.3) is 5.91 Å². The average molecular weight is 393 g/mol. The van der Waals surface area contributed by atoms with E-state index in [-0.39, 0.29) is 5.91 Å². The molecule has 0 fully saturated rings. The predicted octanol–water partition coefficient (Wildman–Crippen LogP) is 5.51. The summed E-state index contributed by atoms with van der Waals surface area (Å²) in [7, 11) is 0. The molecule has 5 heteroatoms. The maximum atomic E-state index is 12.2. The van der Waals surface area contributed by atoms with Crippen LogP contribution in [0.4, 0.5) is 5.69 Å². The first-order chi connectivity index (χ1) is 12.2. The Balaban J connectivity index is 1.62. The van der Waals surface area contributed by atoms with Gasteiger partial charge in [-0.05, 0) is 54.6 Å². The van der Waals surface area contributed by atoms with Gasteiger partial charge in [0.2, 0.25) is 5.89 Å². The zero-order valence-electron chi connectivity index (χ0n) is 13.1. The molecule has 1 aromatic heterocycles. The number of aromatic nitrogens is 1. The van der Waals surface area contributed by atoms with Crippen LogP contribution in [0.3, 0.4) is 0 Å². The van der Waals surface area contributed by atoms with Crippen LogP contribution in [0.5, 0.6) is 0 Å². The minimum Gasteiger partial charge on any atom is -0.436 e. The fourth-order valence-electron chi connectivity index (χ4n) is 2.51. The molecule has 1 heterocycles. The van der Waals surface area contributed by atoms with Gasteiger partial charge in [0.1, 0.15) is 5.52 Å². The molecule has 0 spiro atoms. The van der Waals surface area contributed by atoms with Gasteiger partial charge in [-0.25, -0.2) is 4.98 Å². The lowest BCUT2D eigenvalue weighted by atomic mass is 10.2. The van der Waals surface area contributed by atoms with Crippen LogP contribution in [0, 0.1) is 0 Å². The average Bonchev–Trinajstić information content (AvgIpc) is 3.06. The van der Waals surface area contributed by atoms with Crippen molar-refractivity contribution >= 4 is 38.6 Å². The first-order valence-corrected chi connectivity index (χ1v) is 8.51. The summed E-state index contributed by atoms with van der Waals surface area (Å²) in [6.07, 6.45) is 0. The van der Waals surface area contributed by atoms with Gasteiger partial charge in [-0.2, -0.15) is 0 Å². The Hall–Kier alpha value is -2.92. The molecule has 0 radical (unpaired) electrons. The van der Waals surface area contributed by atoms with Crippen LogP contribution in [0.15, 0.2) is 81.7 Å². The quantitative estimate of drug-likeness (QED) is 0.499. The molecule has 4 aromatic rings. The molecule has 4 rings (SSSR count). The lowest BCUT2D eigenvalue weighted by molar-refractivity contribution is 0.102. The second-order valence-corrected chi connectivity index (χ2v) is 6.44. The number of oxazole rings is 1. The number of benzene rings is 3. The summed E-state index contributed by atoms with van der Waals surface area (Å²) < 4.78 is 6.80. The first-order valence-electron chi connectivity index (χ1n) is 7.72. The number of hydrogen-bond acceptors (Lipinski definition) is 3. The number of nitrogens with zero attached hydrogens (tertiary/aromatic N) is 1. The number of carbonyl (C=O) groups excluding carboxylic acids is 1. The lowest BCUT2D eigenvalue weighted by Crippen LogP contribution is -2.11. The Labute approximate surface area is 152 Å². The topological polar surface area (TPSA) is 55.1 Å². The Morgan fingerprint density at radius 2 is 1.72 bits per heavy atom. The zero-order chi connectivity index (χ0) is 17.2. The molecule has 3 aromatic carbocycles. The summed E-state index contributed by atoms with van der Waals surface area (Å²) in [5.41, 5.74) is 3.56. The first kappa shape index (κ1) is 15.6. The van der Waals surface area contributed by atoms with Gasteiger partial charge in [0.15, 0.2) is 5.58 Å². The molecule has 0 saturated carbocycles. The van der Waals surface area contributed by atoms with Crippen molar-refractivity contribution < 1.29 is 9.21 Å². The summed E-state index contributed by atoms with van der Waals surface area (Å²) in [6.45, 7) is 0. The molecule has 25 heavy (non-hydrogen) atoms. The Kier molecular flexibility index (Phi) is 4.07. The smallest absolute Gasteiger partial charge is 0.255 e. The van der Waals surface area contributed by atoms with Gasteiger partial charge in [-0.15, -0.1) is 0 Å². The van der Waals surface area contributed by atoms with Gasteiger partial charge in [0.05, 0.1) is 0 Å². The van der Waals surface area contributed by atoms with Crippen LogP contribution in [-0.4, -0.2) is 10.9 Å².